The summed E-state index contributed by atoms with van der Waals surface area (Å²) in [6.07, 6.45) is 15.7. The van der Waals surface area contributed by atoms with Gasteiger partial charge in [0, 0.05) is 9.81 Å². The Morgan fingerprint density at radius 1 is 1.00 bits per heavy atom. The van der Waals surface area contributed by atoms with Crippen molar-refractivity contribution >= 4 is 11.8 Å². The SMILES string of the molecule is C=C/C=C(\C=C/C)S/C(C=C)=C/C=C\C. The Kier molecular flexibility index (Phi) is 8.59. The molecule has 0 N–H and O–H groups in total. The maximum absolute atomic E-state index is 3.79. The number of allylic oxidation sites excluding steroid dienone is 8. The van der Waals surface area contributed by atoms with Gasteiger partial charge in [0.1, 0.15) is 0 Å². The maximum atomic E-state index is 3.79. The van der Waals surface area contributed by atoms with E-state index in [9.17, 15) is 0 Å². The van der Waals surface area contributed by atoms with Crippen molar-refractivity contribution in [3.8, 4) is 0 Å². The Bertz CT molecular complexity index is 314. The van der Waals surface area contributed by atoms with E-state index in [1.807, 2.05) is 50.3 Å². The Labute approximate surface area is 97.5 Å². The lowest BCUT2D eigenvalue weighted by Crippen LogP contribution is -1.73. The van der Waals surface area contributed by atoms with Crippen LogP contribution in [0.1, 0.15) is 13.8 Å². The second-order valence-corrected chi connectivity index (χ2v) is 3.85. The predicted molar refractivity (Wildman–Crippen MR) is 73.8 cm³/mol. The zero-order valence-electron chi connectivity index (χ0n) is 9.44. The first-order chi connectivity index (χ1) is 7.28. The predicted octanol–water partition coefficient (Wildman–Crippen LogP) is 5.01. The molecule has 0 saturated carbocycles. The van der Waals surface area contributed by atoms with E-state index in [0.29, 0.717) is 0 Å². The molecule has 0 aromatic rings. The van der Waals surface area contributed by atoms with Crippen LogP contribution in [0.5, 0.6) is 0 Å². The van der Waals surface area contributed by atoms with Crippen LogP contribution < -0.4 is 0 Å². The fraction of sp³-hybridized carbons (Fsp3) is 0.143. The summed E-state index contributed by atoms with van der Waals surface area (Å²) >= 11 is 1.67. The van der Waals surface area contributed by atoms with E-state index < -0.39 is 0 Å². The molecule has 0 radical (unpaired) electrons. The van der Waals surface area contributed by atoms with Crippen molar-refractivity contribution in [1.82, 2.24) is 0 Å². The molecule has 0 rings (SSSR count). The molecule has 0 bridgehead atoms. The van der Waals surface area contributed by atoms with Crippen LogP contribution in [0.3, 0.4) is 0 Å². The van der Waals surface area contributed by atoms with E-state index in [1.54, 1.807) is 17.8 Å². The van der Waals surface area contributed by atoms with Crippen molar-refractivity contribution < 1.29 is 0 Å². The minimum Gasteiger partial charge on any atom is -0.0990 e. The molecule has 0 aliphatic carbocycles. The Hall–Kier alpha value is -1.21. The van der Waals surface area contributed by atoms with Gasteiger partial charge in [0.25, 0.3) is 0 Å². The molecule has 0 aromatic carbocycles. The zero-order valence-corrected chi connectivity index (χ0v) is 10.3. The maximum Gasteiger partial charge on any atom is 0.0118 e. The van der Waals surface area contributed by atoms with E-state index >= 15 is 0 Å². The van der Waals surface area contributed by atoms with Crippen molar-refractivity contribution in [3.63, 3.8) is 0 Å². The molecule has 0 unspecified atom stereocenters. The normalized spacial score (nSPS) is 13.7. The highest BCUT2D eigenvalue weighted by atomic mass is 32.2. The van der Waals surface area contributed by atoms with Crippen LogP contribution in [0, 0.1) is 0 Å². The third kappa shape index (κ3) is 6.81. The smallest absolute Gasteiger partial charge is 0.0118 e. The van der Waals surface area contributed by atoms with Crippen molar-refractivity contribution in [2.24, 2.45) is 0 Å². The molecule has 0 atom stereocenters. The highest BCUT2D eigenvalue weighted by molar-refractivity contribution is 8.07. The standard InChI is InChI=1S/C14H18S/c1-5-9-12-13(8-4)15-14(10-6-2)11-7-3/h5-12H,2,4H2,1,3H3/b9-5-,11-7-,13-12+,14-10+. The molecule has 80 valence electrons. The van der Waals surface area contributed by atoms with Crippen molar-refractivity contribution in [2.45, 2.75) is 13.8 Å². The van der Waals surface area contributed by atoms with E-state index in [1.165, 1.54) is 0 Å². The molecule has 0 aromatic heterocycles. The molecular weight excluding hydrogens is 200 g/mol. The van der Waals surface area contributed by atoms with E-state index in [0.717, 1.165) is 9.81 Å². The average Bonchev–Trinajstić information content (AvgIpc) is 2.24. The van der Waals surface area contributed by atoms with Gasteiger partial charge in [-0.25, -0.2) is 0 Å². The van der Waals surface area contributed by atoms with Gasteiger partial charge in [-0.2, -0.15) is 0 Å². The first-order valence-electron chi connectivity index (χ1n) is 4.87. The second kappa shape index (κ2) is 9.35. The van der Waals surface area contributed by atoms with Crippen molar-refractivity contribution in [2.75, 3.05) is 0 Å². The lowest BCUT2D eigenvalue weighted by atomic mass is 10.4. The van der Waals surface area contributed by atoms with Gasteiger partial charge < -0.3 is 0 Å². The molecule has 0 spiro atoms. The number of rotatable bonds is 6. The Morgan fingerprint density at radius 3 is 2.20 bits per heavy atom. The molecule has 0 amide bonds. The van der Waals surface area contributed by atoms with Crippen molar-refractivity contribution in [1.29, 1.82) is 0 Å². The van der Waals surface area contributed by atoms with Gasteiger partial charge in [-0.3, -0.25) is 0 Å². The summed E-state index contributed by atoms with van der Waals surface area (Å²) in [7, 11) is 0. The average molecular weight is 218 g/mol. The Balaban J connectivity index is 4.70. The van der Waals surface area contributed by atoms with Gasteiger partial charge in [-0.1, -0.05) is 61.4 Å². The largest absolute Gasteiger partial charge is 0.0990 e. The molecular formula is C14H18S. The first-order valence-corrected chi connectivity index (χ1v) is 5.68. The summed E-state index contributed by atoms with van der Waals surface area (Å²) in [5.74, 6) is 0. The fourth-order valence-corrected chi connectivity index (χ4v) is 1.75. The molecule has 0 fully saturated rings. The zero-order chi connectivity index (χ0) is 11.5. The highest BCUT2D eigenvalue weighted by Gasteiger charge is 1.95. The van der Waals surface area contributed by atoms with Gasteiger partial charge in [0.05, 0.1) is 0 Å². The van der Waals surface area contributed by atoms with Gasteiger partial charge >= 0.3 is 0 Å². The molecule has 15 heavy (non-hydrogen) atoms. The molecule has 1 heteroatoms. The lowest BCUT2D eigenvalue weighted by Gasteiger charge is -2.01. The van der Waals surface area contributed by atoms with Gasteiger partial charge in [-0.05, 0) is 26.0 Å². The topological polar surface area (TPSA) is 0 Å². The Morgan fingerprint density at radius 2 is 1.73 bits per heavy atom. The van der Waals surface area contributed by atoms with Crippen LogP contribution in [0.2, 0.25) is 0 Å². The summed E-state index contributed by atoms with van der Waals surface area (Å²) in [4.78, 5) is 2.28. The highest BCUT2D eigenvalue weighted by Crippen LogP contribution is 2.27. The van der Waals surface area contributed by atoms with Crippen LogP contribution in [0.15, 0.2) is 71.6 Å². The van der Waals surface area contributed by atoms with Gasteiger partial charge in [0.15, 0.2) is 0 Å². The van der Waals surface area contributed by atoms with E-state index in [-0.39, 0.29) is 0 Å². The number of hydrogen-bond donors (Lipinski definition) is 0. The molecule has 0 saturated heterocycles. The summed E-state index contributed by atoms with van der Waals surface area (Å²) in [6.45, 7) is 11.5. The van der Waals surface area contributed by atoms with Crippen LogP contribution >= 0.6 is 11.8 Å². The summed E-state index contributed by atoms with van der Waals surface area (Å²) in [5, 5.41) is 0. The summed E-state index contributed by atoms with van der Waals surface area (Å²) in [6, 6.07) is 0. The molecule has 0 heterocycles. The first kappa shape index (κ1) is 13.8. The van der Waals surface area contributed by atoms with Gasteiger partial charge in [0.2, 0.25) is 0 Å². The van der Waals surface area contributed by atoms with Crippen LogP contribution in [-0.2, 0) is 0 Å². The minimum absolute atomic E-state index is 1.12. The third-order valence-corrected chi connectivity index (χ3v) is 2.55. The molecule has 0 aliphatic heterocycles. The van der Waals surface area contributed by atoms with Crippen molar-refractivity contribution in [3.05, 3.63) is 71.6 Å². The quantitative estimate of drug-likeness (QED) is 0.565. The molecule has 0 aliphatic rings. The van der Waals surface area contributed by atoms with E-state index in [4.69, 9.17) is 0 Å². The molecule has 0 nitrogen and oxygen atoms in total. The lowest BCUT2D eigenvalue weighted by molar-refractivity contribution is 1.71. The monoisotopic (exact) mass is 218 g/mol. The minimum atomic E-state index is 1.12. The van der Waals surface area contributed by atoms with E-state index in [2.05, 4.69) is 19.2 Å². The second-order valence-electron chi connectivity index (χ2n) is 2.71. The van der Waals surface area contributed by atoms with Gasteiger partial charge in [-0.15, -0.1) is 0 Å². The fourth-order valence-electron chi connectivity index (χ4n) is 0.875. The van der Waals surface area contributed by atoms with Crippen LogP contribution in [-0.4, -0.2) is 0 Å². The summed E-state index contributed by atoms with van der Waals surface area (Å²) < 4.78 is 0. The van der Waals surface area contributed by atoms with Crippen LogP contribution in [0.4, 0.5) is 0 Å². The summed E-state index contributed by atoms with van der Waals surface area (Å²) in [5.41, 5.74) is 0. The van der Waals surface area contributed by atoms with Crippen LogP contribution in [0.25, 0.3) is 0 Å². The number of hydrogen-bond acceptors (Lipinski definition) is 1. The number of thioether (sulfide) groups is 1. The third-order valence-electron chi connectivity index (χ3n) is 1.50.